The highest BCUT2D eigenvalue weighted by atomic mass is 35.5. The normalized spacial score (nSPS) is 12.1. The molecule has 0 bridgehead atoms. The third kappa shape index (κ3) is 6.44. The molecule has 0 saturated heterocycles. The van der Waals surface area contributed by atoms with E-state index in [1.165, 1.54) is 17.8 Å². The molecule has 0 spiro atoms. The average Bonchev–Trinajstić information content (AvgIpc) is 3.29. The topological polar surface area (TPSA) is 88.9 Å². The van der Waals surface area contributed by atoms with E-state index in [0.29, 0.717) is 33.1 Å². The highest BCUT2D eigenvalue weighted by molar-refractivity contribution is 7.99. The molecular formula is C27H27Cl2N5O2S. The lowest BCUT2D eigenvalue weighted by Gasteiger charge is -2.22. The summed E-state index contributed by atoms with van der Waals surface area (Å²) >= 11 is 13.4. The monoisotopic (exact) mass is 555 g/mol. The van der Waals surface area contributed by atoms with Gasteiger partial charge in [-0.3, -0.25) is 9.59 Å². The van der Waals surface area contributed by atoms with Gasteiger partial charge in [0.05, 0.1) is 21.8 Å². The number of halogens is 2. The Labute approximate surface area is 229 Å². The van der Waals surface area contributed by atoms with E-state index in [1.54, 1.807) is 12.1 Å². The molecule has 3 aromatic carbocycles. The summed E-state index contributed by atoms with van der Waals surface area (Å²) in [5, 5.41) is 18.2. The minimum absolute atomic E-state index is 0.0373. The van der Waals surface area contributed by atoms with Gasteiger partial charge in [0.1, 0.15) is 0 Å². The lowest BCUT2D eigenvalue weighted by atomic mass is 10.0. The zero-order valence-corrected chi connectivity index (χ0v) is 23.0. The number of fused-ring (bicyclic) bond motifs is 1. The minimum atomic E-state index is -0.393. The van der Waals surface area contributed by atoms with Crippen LogP contribution in [0.1, 0.15) is 43.0 Å². The van der Waals surface area contributed by atoms with Crippen LogP contribution in [0.15, 0.2) is 65.8 Å². The number of carbonyl (C=O) groups is 2. The molecule has 0 radical (unpaired) electrons. The van der Waals surface area contributed by atoms with Crippen molar-refractivity contribution >= 4 is 63.2 Å². The Balaban J connectivity index is 1.44. The van der Waals surface area contributed by atoms with Gasteiger partial charge in [-0.2, -0.15) is 0 Å². The highest BCUT2D eigenvalue weighted by Gasteiger charge is 2.26. The molecule has 2 amide bonds. The fraction of sp³-hybridized carbons (Fsp3) is 0.259. The second-order valence-corrected chi connectivity index (χ2v) is 10.6. The molecule has 4 rings (SSSR count). The van der Waals surface area contributed by atoms with Gasteiger partial charge in [0.15, 0.2) is 11.0 Å². The Morgan fingerprint density at radius 2 is 1.73 bits per heavy atom. The molecule has 0 unspecified atom stereocenters. The number of hydrogen-bond acceptors (Lipinski definition) is 5. The molecule has 192 valence electrons. The lowest BCUT2D eigenvalue weighted by Crippen LogP contribution is -2.33. The molecular weight excluding hydrogens is 529 g/mol. The van der Waals surface area contributed by atoms with Crippen LogP contribution in [0.3, 0.4) is 0 Å². The van der Waals surface area contributed by atoms with E-state index in [4.69, 9.17) is 23.2 Å². The predicted molar refractivity (Wildman–Crippen MR) is 151 cm³/mol. The summed E-state index contributed by atoms with van der Waals surface area (Å²) in [4.78, 5) is 25.6. The Morgan fingerprint density at radius 1 is 0.973 bits per heavy atom. The second-order valence-electron chi connectivity index (χ2n) is 8.81. The van der Waals surface area contributed by atoms with Crippen LogP contribution in [0.25, 0.3) is 10.8 Å². The Bertz CT molecular complexity index is 1440. The number of hydrogen-bond donors (Lipinski definition) is 2. The number of aromatic nitrogens is 3. The van der Waals surface area contributed by atoms with Gasteiger partial charge in [-0.25, -0.2) is 0 Å². The number of anilines is 1. The van der Waals surface area contributed by atoms with Gasteiger partial charge in [-0.05, 0) is 53.9 Å². The van der Waals surface area contributed by atoms with Gasteiger partial charge < -0.3 is 15.2 Å². The van der Waals surface area contributed by atoms with Crippen molar-refractivity contribution in [2.45, 2.75) is 38.5 Å². The van der Waals surface area contributed by atoms with Gasteiger partial charge in [0.2, 0.25) is 5.91 Å². The fourth-order valence-corrected chi connectivity index (χ4v) is 5.03. The molecule has 1 heterocycles. The third-order valence-corrected chi connectivity index (χ3v) is 7.55. The van der Waals surface area contributed by atoms with Gasteiger partial charge >= 0.3 is 0 Å². The van der Waals surface area contributed by atoms with Crippen LogP contribution in [0, 0.1) is 5.92 Å². The van der Waals surface area contributed by atoms with E-state index in [-0.39, 0.29) is 23.5 Å². The number of thioether (sulfide) groups is 1. The van der Waals surface area contributed by atoms with E-state index in [0.717, 1.165) is 16.5 Å². The van der Waals surface area contributed by atoms with Crippen LogP contribution in [0.2, 0.25) is 10.0 Å². The van der Waals surface area contributed by atoms with Crippen LogP contribution in [-0.2, 0) is 11.3 Å². The quantitative estimate of drug-likeness (QED) is 0.226. The number of nitrogens with one attached hydrogen (secondary N) is 2. The van der Waals surface area contributed by atoms with Gasteiger partial charge in [-0.15, -0.1) is 10.2 Å². The molecule has 37 heavy (non-hydrogen) atoms. The molecule has 0 aliphatic heterocycles. The summed E-state index contributed by atoms with van der Waals surface area (Å²) in [7, 11) is 0. The maximum absolute atomic E-state index is 12.9. The van der Waals surface area contributed by atoms with Crippen LogP contribution in [0.4, 0.5) is 5.69 Å². The van der Waals surface area contributed by atoms with Crippen molar-refractivity contribution in [1.82, 2.24) is 20.1 Å². The molecule has 1 atom stereocenters. The minimum Gasteiger partial charge on any atom is -0.342 e. The van der Waals surface area contributed by atoms with Crippen molar-refractivity contribution in [3.05, 3.63) is 82.1 Å². The Hall–Kier alpha value is -3.07. The molecule has 1 aromatic heterocycles. The predicted octanol–water partition coefficient (Wildman–Crippen LogP) is 6.62. The first-order valence-electron chi connectivity index (χ1n) is 11.9. The molecule has 4 aromatic rings. The maximum Gasteiger partial charge on any atom is 0.251 e. The third-order valence-electron chi connectivity index (χ3n) is 5.84. The number of amides is 2. The van der Waals surface area contributed by atoms with E-state index in [1.807, 2.05) is 67.8 Å². The van der Waals surface area contributed by atoms with E-state index in [9.17, 15) is 9.59 Å². The summed E-state index contributed by atoms with van der Waals surface area (Å²) in [6.07, 6.45) is 0. The Kier molecular flexibility index (Phi) is 8.74. The van der Waals surface area contributed by atoms with Gasteiger partial charge in [0.25, 0.3) is 5.91 Å². The van der Waals surface area contributed by atoms with Crippen LogP contribution >= 0.6 is 35.0 Å². The second kappa shape index (κ2) is 12.0. The van der Waals surface area contributed by atoms with Crippen molar-refractivity contribution in [3.8, 4) is 0 Å². The van der Waals surface area contributed by atoms with Crippen molar-refractivity contribution in [2.75, 3.05) is 11.1 Å². The smallest absolute Gasteiger partial charge is 0.251 e. The molecule has 0 aliphatic carbocycles. The number of carbonyl (C=O) groups excluding carboxylic acids is 2. The summed E-state index contributed by atoms with van der Waals surface area (Å²) in [6, 6.07) is 18.2. The van der Waals surface area contributed by atoms with Crippen molar-refractivity contribution in [3.63, 3.8) is 0 Å². The Morgan fingerprint density at radius 3 is 2.43 bits per heavy atom. The zero-order valence-electron chi connectivity index (χ0n) is 20.7. The standard InChI is InChI=1S/C27H27Cl2N5O2S/c1-4-34-25(24(16(2)3)31-26(36)19-10-12-21(28)22(29)14-19)32-33-27(34)37-15-23(35)30-20-11-9-17-7-5-6-8-18(17)13-20/h5-14,16,24H,4,15H2,1-3H3,(H,30,35)(H,31,36)/t24-/m0/s1. The fourth-order valence-electron chi connectivity index (χ4n) is 3.92. The van der Waals surface area contributed by atoms with Crippen LogP contribution < -0.4 is 10.6 Å². The van der Waals surface area contributed by atoms with Crippen LogP contribution in [0.5, 0.6) is 0 Å². The van der Waals surface area contributed by atoms with E-state index in [2.05, 4.69) is 20.8 Å². The summed E-state index contributed by atoms with van der Waals surface area (Å²) in [6.45, 7) is 6.56. The zero-order chi connectivity index (χ0) is 26.5. The largest absolute Gasteiger partial charge is 0.342 e. The SMILES string of the molecule is CCn1c(SCC(=O)Nc2ccc3ccccc3c2)nnc1[C@@H](NC(=O)c1ccc(Cl)c(Cl)c1)C(C)C. The maximum atomic E-state index is 12.9. The highest BCUT2D eigenvalue weighted by Crippen LogP contribution is 2.27. The molecule has 10 heteroatoms. The summed E-state index contributed by atoms with van der Waals surface area (Å²) in [5.74, 6) is 0.416. The first-order valence-corrected chi connectivity index (χ1v) is 13.6. The summed E-state index contributed by atoms with van der Waals surface area (Å²) in [5.41, 5.74) is 1.15. The molecule has 2 N–H and O–H groups in total. The first kappa shape index (κ1) is 27.0. The number of rotatable bonds is 9. The number of benzene rings is 3. The lowest BCUT2D eigenvalue weighted by molar-refractivity contribution is -0.113. The molecule has 7 nitrogen and oxygen atoms in total. The van der Waals surface area contributed by atoms with Crippen molar-refractivity contribution in [1.29, 1.82) is 0 Å². The van der Waals surface area contributed by atoms with Crippen molar-refractivity contribution in [2.24, 2.45) is 5.92 Å². The summed E-state index contributed by atoms with van der Waals surface area (Å²) < 4.78 is 1.92. The molecule has 0 saturated carbocycles. The number of nitrogens with zero attached hydrogens (tertiary/aromatic N) is 3. The van der Waals surface area contributed by atoms with E-state index >= 15 is 0 Å². The van der Waals surface area contributed by atoms with Crippen molar-refractivity contribution < 1.29 is 9.59 Å². The molecule has 0 fully saturated rings. The average molecular weight is 557 g/mol. The molecule has 0 aliphatic rings. The van der Waals surface area contributed by atoms with E-state index < -0.39 is 6.04 Å². The first-order chi connectivity index (χ1) is 17.8. The van der Waals surface area contributed by atoms with Gasteiger partial charge in [0, 0.05) is 17.8 Å². The van der Waals surface area contributed by atoms with Gasteiger partial charge in [-0.1, -0.05) is 79.1 Å². The van der Waals surface area contributed by atoms with Crippen LogP contribution in [-0.4, -0.2) is 32.3 Å².